The van der Waals surface area contributed by atoms with Crippen molar-refractivity contribution >= 4 is 33.0 Å². The number of rotatable bonds is 3. The number of carbonyl (C=O) groups is 1. The van der Waals surface area contributed by atoms with Crippen LogP contribution < -0.4 is 15.5 Å². The summed E-state index contributed by atoms with van der Waals surface area (Å²) in [5, 5.41) is 2.34. The number of sulfonamides is 1. The summed E-state index contributed by atoms with van der Waals surface area (Å²) >= 11 is 0. The van der Waals surface area contributed by atoms with E-state index in [1.807, 2.05) is 0 Å². The van der Waals surface area contributed by atoms with Gasteiger partial charge in [0.15, 0.2) is 4.90 Å². The van der Waals surface area contributed by atoms with E-state index in [4.69, 9.17) is 4.42 Å². The second-order valence-electron chi connectivity index (χ2n) is 5.91. The lowest BCUT2D eigenvalue weighted by atomic mass is 10.1. The molecule has 0 aliphatic rings. The van der Waals surface area contributed by atoms with Gasteiger partial charge in [0.1, 0.15) is 11.8 Å². The molecule has 1 aromatic carbocycles. The Kier molecular flexibility index (Phi) is 4.66. The summed E-state index contributed by atoms with van der Waals surface area (Å²) in [4.78, 5) is 31.9. The summed E-state index contributed by atoms with van der Waals surface area (Å²) in [5.41, 5.74) is 1.42. The molecule has 0 fully saturated rings. The SMILES string of the molecule is Cc1cc(C)nc(NC(=O)NS(=O)(=O)c2coc3c(C)cccc3c2=O)n1. The van der Waals surface area contributed by atoms with Gasteiger partial charge in [-0.2, -0.15) is 0 Å². The Morgan fingerprint density at radius 3 is 2.44 bits per heavy atom. The third-order valence-electron chi connectivity index (χ3n) is 3.69. The molecule has 9 nitrogen and oxygen atoms in total. The minimum absolute atomic E-state index is 0.0543. The van der Waals surface area contributed by atoms with Crippen molar-refractivity contribution in [3.05, 3.63) is 57.7 Å². The predicted molar refractivity (Wildman–Crippen MR) is 98.1 cm³/mol. The highest BCUT2D eigenvalue weighted by atomic mass is 32.2. The number of anilines is 1. The van der Waals surface area contributed by atoms with Gasteiger partial charge in [0.05, 0.1) is 5.39 Å². The van der Waals surface area contributed by atoms with Gasteiger partial charge in [0.2, 0.25) is 11.4 Å². The zero-order valence-corrected chi connectivity index (χ0v) is 15.5. The van der Waals surface area contributed by atoms with E-state index in [2.05, 4.69) is 15.3 Å². The number of hydrogen-bond acceptors (Lipinski definition) is 7. The summed E-state index contributed by atoms with van der Waals surface area (Å²) in [5.74, 6) is -0.0543. The summed E-state index contributed by atoms with van der Waals surface area (Å²) in [6.07, 6.45) is 0.820. The van der Waals surface area contributed by atoms with E-state index in [1.165, 1.54) is 6.07 Å². The molecule has 0 atom stereocenters. The second kappa shape index (κ2) is 6.80. The Morgan fingerprint density at radius 1 is 1.11 bits per heavy atom. The van der Waals surface area contributed by atoms with Crippen LogP contribution in [-0.2, 0) is 10.0 Å². The lowest BCUT2D eigenvalue weighted by molar-refractivity contribution is 0.256. The minimum atomic E-state index is -4.46. The molecule has 2 amide bonds. The molecule has 3 rings (SSSR count). The predicted octanol–water partition coefficient (Wildman–Crippen LogP) is 2.02. The summed E-state index contributed by atoms with van der Waals surface area (Å²) in [6.45, 7) is 5.14. The molecule has 0 radical (unpaired) electrons. The minimum Gasteiger partial charge on any atom is -0.462 e. The number of para-hydroxylation sites is 1. The fourth-order valence-corrected chi connectivity index (χ4v) is 3.49. The van der Waals surface area contributed by atoms with Crippen LogP contribution >= 0.6 is 0 Å². The lowest BCUT2D eigenvalue weighted by Gasteiger charge is -2.09. The first-order valence-corrected chi connectivity index (χ1v) is 9.33. The topological polar surface area (TPSA) is 131 Å². The molecule has 27 heavy (non-hydrogen) atoms. The average molecular weight is 388 g/mol. The molecular weight excluding hydrogens is 372 g/mol. The van der Waals surface area contributed by atoms with Crippen LogP contribution in [0.25, 0.3) is 11.0 Å². The number of urea groups is 1. The van der Waals surface area contributed by atoms with Crippen molar-refractivity contribution in [2.75, 3.05) is 5.32 Å². The number of aryl methyl sites for hydroxylation is 3. The molecule has 3 aromatic rings. The van der Waals surface area contributed by atoms with E-state index in [1.54, 1.807) is 43.7 Å². The highest BCUT2D eigenvalue weighted by molar-refractivity contribution is 7.90. The van der Waals surface area contributed by atoms with Crippen molar-refractivity contribution < 1.29 is 17.6 Å². The van der Waals surface area contributed by atoms with Crippen LogP contribution in [0, 0.1) is 20.8 Å². The van der Waals surface area contributed by atoms with E-state index >= 15 is 0 Å². The number of hydrogen-bond donors (Lipinski definition) is 2. The average Bonchev–Trinajstić information content (AvgIpc) is 2.54. The van der Waals surface area contributed by atoms with Crippen LogP contribution in [0.5, 0.6) is 0 Å². The van der Waals surface area contributed by atoms with Crippen molar-refractivity contribution in [3.8, 4) is 0 Å². The number of nitrogens with one attached hydrogen (secondary N) is 2. The smallest absolute Gasteiger partial charge is 0.335 e. The highest BCUT2D eigenvalue weighted by Crippen LogP contribution is 2.17. The van der Waals surface area contributed by atoms with Crippen molar-refractivity contribution in [2.24, 2.45) is 0 Å². The van der Waals surface area contributed by atoms with Crippen molar-refractivity contribution in [1.29, 1.82) is 0 Å². The molecule has 0 aliphatic heterocycles. The van der Waals surface area contributed by atoms with Gasteiger partial charge in [-0.05, 0) is 38.5 Å². The first-order valence-electron chi connectivity index (χ1n) is 7.84. The Labute approximate surface area is 154 Å². The van der Waals surface area contributed by atoms with Gasteiger partial charge in [0.25, 0.3) is 10.0 Å². The molecule has 0 unspecified atom stereocenters. The van der Waals surface area contributed by atoms with Crippen LogP contribution in [-0.4, -0.2) is 24.4 Å². The van der Waals surface area contributed by atoms with Crippen LogP contribution in [0.15, 0.2) is 44.6 Å². The fraction of sp³-hybridized carbons (Fsp3) is 0.176. The highest BCUT2D eigenvalue weighted by Gasteiger charge is 2.24. The van der Waals surface area contributed by atoms with Gasteiger partial charge < -0.3 is 4.42 Å². The number of amides is 2. The third-order valence-corrected chi connectivity index (χ3v) is 5.00. The molecule has 10 heteroatoms. The molecule has 2 N–H and O–H groups in total. The van der Waals surface area contributed by atoms with Crippen LogP contribution in [0.2, 0.25) is 0 Å². The van der Waals surface area contributed by atoms with Crippen LogP contribution in [0.3, 0.4) is 0 Å². The number of carbonyl (C=O) groups excluding carboxylic acids is 1. The molecule has 0 saturated heterocycles. The van der Waals surface area contributed by atoms with Gasteiger partial charge in [0, 0.05) is 11.4 Å². The van der Waals surface area contributed by atoms with Crippen LogP contribution in [0.4, 0.5) is 10.7 Å². The fourth-order valence-electron chi connectivity index (χ4n) is 2.56. The first-order chi connectivity index (χ1) is 12.7. The second-order valence-corrected chi connectivity index (χ2v) is 7.57. The Bertz CT molecular complexity index is 1200. The summed E-state index contributed by atoms with van der Waals surface area (Å²) < 4.78 is 31.9. The molecule has 140 valence electrons. The molecule has 2 aromatic heterocycles. The molecule has 2 heterocycles. The largest absolute Gasteiger partial charge is 0.462 e. The lowest BCUT2D eigenvalue weighted by Crippen LogP contribution is -2.37. The maximum absolute atomic E-state index is 12.5. The van der Waals surface area contributed by atoms with Gasteiger partial charge in [-0.1, -0.05) is 12.1 Å². The van der Waals surface area contributed by atoms with Crippen molar-refractivity contribution in [3.63, 3.8) is 0 Å². The van der Waals surface area contributed by atoms with E-state index in [0.29, 0.717) is 17.0 Å². The van der Waals surface area contributed by atoms with E-state index in [9.17, 15) is 18.0 Å². The molecule has 0 spiro atoms. The van der Waals surface area contributed by atoms with Gasteiger partial charge in [-0.3, -0.25) is 10.1 Å². The van der Waals surface area contributed by atoms with Gasteiger partial charge in [-0.25, -0.2) is 27.9 Å². The standard InChI is InChI=1S/C17H16N4O5S/c1-9-5-4-6-12-14(22)13(8-26-15(9)12)27(24,25)21-17(23)20-16-18-10(2)7-11(3)19-16/h4-8H,1-3H3,(H2,18,19,20,21,23). The van der Waals surface area contributed by atoms with E-state index < -0.39 is 26.4 Å². The van der Waals surface area contributed by atoms with Gasteiger partial charge >= 0.3 is 6.03 Å². The van der Waals surface area contributed by atoms with E-state index in [-0.39, 0.29) is 16.9 Å². The number of benzene rings is 1. The van der Waals surface area contributed by atoms with E-state index in [0.717, 1.165) is 6.26 Å². The number of nitrogens with zero attached hydrogens (tertiary/aromatic N) is 2. The molecule has 0 saturated carbocycles. The summed E-state index contributed by atoms with van der Waals surface area (Å²) in [6, 6.07) is 5.40. The van der Waals surface area contributed by atoms with Crippen molar-refractivity contribution in [2.45, 2.75) is 25.7 Å². The third kappa shape index (κ3) is 3.80. The summed E-state index contributed by atoms with van der Waals surface area (Å²) in [7, 11) is -4.46. The normalized spacial score (nSPS) is 11.4. The molecule has 0 aliphatic carbocycles. The Balaban J connectivity index is 1.90. The van der Waals surface area contributed by atoms with Gasteiger partial charge in [-0.15, -0.1) is 0 Å². The maximum atomic E-state index is 12.5. The zero-order chi connectivity index (χ0) is 19.8. The maximum Gasteiger partial charge on any atom is 0.335 e. The van der Waals surface area contributed by atoms with Crippen LogP contribution in [0.1, 0.15) is 17.0 Å². The first kappa shape index (κ1) is 18.5. The Morgan fingerprint density at radius 2 is 1.78 bits per heavy atom. The van der Waals surface area contributed by atoms with Crippen molar-refractivity contribution in [1.82, 2.24) is 14.7 Å². The molecule has 0 bridgehead atoms. The number of fused-ring (bicyclic) bond motifs is 1. The Hall–Kier alpha value is -3.27. The quantitative estimate of drug-likeness (QED) is 0.701. The monoisotopic (exact) mass is 388 g/mol. The zero-order valence-electron chi connectivity index (χ0n) is 14.7. The number of aromatic nitrogens is 2. The molecular formula is C17H16N4O5S.